The molecule has 0 aliphatic rings. The van der Waals surface area contributed by atoms with Crippen molar-refractivity contribution in [1.29, 1.82) is 0 Å². The van der Waals surface area contributed by atoms with Gasteiger partial charge in [-0.25, -0.2) is 0 Å². The van der Waals surface area contributed by atoms with E-state index in [2.05, 4.69) is 10.5 Å². The Morgan fingerprint density at radius 3 is 2.86 bits per heavy atom. The lowest BCUT2D eigenvalue weighted by molar-refractivity contribution is 0.249. The number of hydrogen-bond acceptors (Lipinski definition) is 4. The van der Waals surface area contributed by atoms with Gasteiger partial charge in [0.15, 0.2) is 5.76 Å². The molecule has 6 heteroatoms. The predicted molar refractivity (Wildman–Crippen MR) is 85.1 cm³/mol. The highest BCUT2D eigenvalue weighted by atomic mass is 35.5. The van der Waals surface area contributed by atoms with Crippen molar-refractivity contribution in [3.8, 4) is 5.75 Å². The van der Waals surface area contributed by atoms with E-state index in [0.717, 1.165) is 17.1 Å². The Hall–Kier alpha value is -1.65. The minimum Gasteiger partial charge on any atom is -0.484 e. The van der Waals surface area contributed by atoms with E-state index in [-0.39, 0.29) is 6.61 Å². The summed E-state index contributed by atoms with van der Waals surface area (Å²) >= 11 is 12.0. The van der Waals surface area contributed by atoms with Gasteiger partial charge in [-0.1, -0.05) is 22.8 Å². The summed E-state index contributed by atoms with van der Waals surface area (Å²) in [5, 5.41) is 7.54. The Morgan fingerprint density at radius 1 is 1.43 bits per heavy atom. The monoisotopic (exact) mass is 326 g/mol. The lowest BCUT2D eigenvalue weighted by atomic mass is 10.3. The van der Waals surface area contributed by atoms with Gasteiger partial charge in [-0.2, -0.15) is 0 Å². The van der Waals surface area contributed by atoms with E-state index in [4.69, 9.17) is 32.5 Å². The van der Waals surface area contributed by atoms with Gasteiger partial charge >= 0.3 is 0 Å². The first kappa shape index (κ1) is 15.7. The molecule has 1 heterocycles. The van der Waals surface area contributed by atoms with Crippen LogP contribution in [0, 0.1) is 6.92 Å². The van der Waals surface area contributed by atoms with Gasteiger partial charge in [-0.3, -0.25) is 0 Å². The average molecular weight is 327 g/mol. The number of aromatic nitrogens is 1. The van der Waals surface area contributed by atoms with Crippen molar-refractivity contribution in [1.82, 2.24) is 5.16 Å². The summed E-state index contributed by atoms with van der Waals surface area (Å²) in [5.74, 6) is 1.63. The van der Waals surface area contributed by atoms with Gasteiger partial charge in [0, 0.05) is 23.5 Å². The molecule has 0 unspecified atom stereocenters. The van der Waals surface area contributed by atoms with Gasteiger partial charge in [0.1, 0.15) is 12.4 Å². The highest BCUT2D eigenvalue weighted by molar-refractivity contribution is 6.32. The van der Waals surface area contributed by atoms with Gasteiger partial charge in [0.25, 0.3) is 0 Å². The zero-order chi connectivity index (χ0) is 15.2. The molecule has 0 aliphatic heterocycles. The summed E-state index contributed by atoms with van der Waals surface area (Å²) in [6.45, 7) is 4.05. The number of benzene rings is 1. The first-order chi connectivity index (χ1) is 10.1. The number of ether oxygens (including phenoxy) is 1. The zero-order valence-electron chi connectivity index (χ0n) is 11.8. The molecule has 0 atom stereocenters. The lowest BCUT2D eigenvalue weighted by Crippen LogP contribution is -2.01. The Morgan fingerprint density at radius 2 is 2.24 bits per heavy atom. The summed E-state index contributed by atoms with van der Waals surface area (Å²) in [4.78, 5) is 0. The molecule has 2 rings (SSSR count). The molecule has 0 bridgehead atoms. The fourth-order valence-corrected chi connectivity index (χ4v) is 2.09. The number of nitrogens with one attached hydrogen (secondary N) is 1. The first-order valence-electron chi connectivity index (χ1n) is 6.45. The smallest absolute Gasteiger partial charge is 0.174 e. The van der Waals surface area contributed by atoms with Crippen molar-refractivity contribution in [2.24, 2.45) is 0 Å². The highest BCUT2D eigenvalue weighted by Crippen LogP contribution is 2.29. The van der Waals surface area contributed by atoms with Crippen LogP contribution >= 0.6 is 23.2 Å². The van der Waals surface area contributed by atoms with Crippen molar-refractivity contribution in [2.75, 3.05) is 11.2 Å². The van der Waals surface area contributed by atoms with Gasteiger partial charge in [0.2, 0.25) is 0 Å². The molecular weight excluding hydrogens is 311 g/mol. The first-order valence-corrected chi connectivity index (χ1v) is 7.36. The average Bonchev–Trinajstić information content (AvgIpc) is 2.90. The maximum absolute atomic E-state index is 6.13. The number of nitrogens with zero attached hydrogens (tertiary/aromatic N) is 1. The Labute approximate surface area is 133 Å². The standard InChI is InChI=1S/C15H16Cl2N2O2/c1-3-11(8-16)18-12-4-5-14(17)15(7-12)20-9-13-6-10(2)19-21-13/h3-7,18H,8-9H2,1-2H3/b11-3-. The molecule has 0 saturated heterocycles. The van der Waals surface area contributed by atoms with E-state index < -0.39 is 0 Å². The van der Waals surface area contributed by atoms with Gasteiger partial charge in [0.05, 0.1) is 16.6 Å². The molecule has 0 amide bonds. The number of anilines is 1. The highest BCUT2D eigenvalue weighted by Gasteiger charge is 2.07. The molecule has 112 valence electrons. The molecular formula is C15H16Cl2N2O2. The van der Waals surface area contributed by atoms with Crippen LogP contribution in [-0.2, 0) is 6.61 Å². The minimum absolute atomic E-state index is 0.274. The Kier molecular flexibility index (Phi) is 5.53. The van der Waals surface area contributed by atoms with Crippen LogP contribution < -0.4 is 10.1 Å². The number of alkyl halides is 1. The number of rotatable bonds is 6. The number of allylic oxidation sites excluding steroid dienone is 2. The molecule has 2 aromatic rings. The van der Waals surface area contributed by atoms with Crippen LogP contribution in [0.1, 0.15) is 18.4 Å². The van der Waals surface area contributed by atoms with Gasteiger partial charge < -0.3 is 14.6 Å². The quantitative estimate of drug-likeness (QED) is 0.777. The van der Waals surface area contributed by atoms with Gasteiger partial charge in [-0.15, -0.1) is 11.6 Å². The summed E-state index contributed by atoms with van der Waals surface area (Å²) < 4.78 is 10.8. The van der Waals surface area contributed by atoms with Crippen LogP contribution in [0.2, 0.25) is 5.02 Å². The van der Waals surface area contributed by atoms with Crippen molar-refractivity contribution in [3.63, 3.8) is 0 Å². The summed E-state index contributed by atoms with van der Waals surface area (Å²) in [6, 6.07) is 7.28. The molecule has 1 N–H and O–H groups in total. The number of aryl methyl sites for hydroxylation is 1. The van der Waals surface area contributed by atoms with E-state index >= 15 is 0 Å². The van der Waals surface area contributed by atoms with E-state index in [9.17, 15) is 0 Å². The molecule has 4 nitrogen and oxygen atoms in total. The second-order valence-corrected chi connectivity index (χ2v) is 5.12. The van der Waals surface area contributed by atoms with Gasteiger partial charge in [-0.05, 0) is 26.0 Å². The van der Waals surface area contributed by atoms with Crippen LogP contribution in [-0.4, -0.2) is 11.0 Å². The molecule has 1 aromatic carbocycles. The van der Waals surface area contributed by atoms with Crippen molar-refractivity contribution < 1.29 is 9.26 Å². The minimum atomic E-state index is 0.274. The summed E-state index contributed by atoms with van der Waals surface area (Å²) in [6.07, 6.45) is 1.92. The molecule has 1 aromatic heterocycles. The molecule has 0 radical (unpaired) electrons. The van der Waals surface area contributed by atoms with Crippen molar-refractivity contribution in [3.05, 3.63) is 52.5 Å². The van der Waals surface area contributed by atoms with Crippen LogP contribution in [0.25, 0.3) is 0 Å². The van der Waals surface area contributed by atoms with Crippen LogP contribution in [0.5, 0.6) is 5.75 Å². The van der Waals surface area contributed by atoms with Crippen LogP contribution in [0.3, 0.4) is 0 Å². The van der Waals surface area contributed by atoms with Crippen LogP contribution in [0.4, 0.5) is 5.69 Å². The van der Waals surface area contributed by atoms with Crippen LogP contribution in [0.15, 0.2) is 40.6 Å². The SMILES string of the molecule is C/C=C(/CCl)Nc1ccc(Cl)c(OCc2cc(C)no2)c1. The maximum Gasteiger partial charge on any atom is 0.174 e. The lowest BCUT2D eigenvalue weighted by Gasteiger charge is -2.11. The number of hydrogen-bond donors (Lipinski definition) is 1. The molecule has 21 heavy (non-hydrogen) atoms. The molecule has 0 aliphatic carbocycles. The third kappa shape index (κ3) is 4.41. The molecule has 0 fully saturated rings. The zero-order valence-corrected chi connectivity index (χ0v) is 13.3. The second-order valence-electron chi connectivity index (χ2n) is 4.44. The normalized spacial score (nSPS) is 11.5. The summed E-state index contributed by atoms with van der Waals surface area (Å²) in [7, 11) is 0. The third-order valence-corrected chi connectivity index (χ3v) is 3.38. The second kappa shape index (κ2) is 7.38. The topological polar surface area (TPSA) is 47.3 Å². The molecule has 0 saturated carbocycles. The van der Waals surface area contributed by atoms with E-state index in [1.807, 2.05) is 38.1 Å². The fourth-order valence-electron chi connectivity index (χ4n) is 1.69. The number of halogens is 2. The largest absolute Gasteiger partial charge is 0.484 e. The fraction of sp³-hybridized carbons (Fsp3) is 0.267. The molecule has 0 spiro atoms. The van der Waals surface area contributed by atoms with Crippen molar-refractivity contribution >= 4 is 28.9 Å². The summed E-state index contributed by atoms with van der Waals surface area (Å²) in [5.41, 5.74) is 2.59. The maximum atomic E-state index is 6.13. The van der Waals surface area contributed by atoms with E-state index in [1.54, 1.807) is 6.07 Å². The Balaban J connectivity index is 2.08. The third-order valence-electron chi connectivity index (χ3n) is 2.78. The van der Waals surface area contributed by atoms with E-state index in [0.29, 0.717) is 22.4 Å². The Bertz CT molecular complexity index is 638. The van der Waals surface area contributed by atoms with E-state index in [1.165, 1.54) is 0 Å². The predicted octanol–water partition coefficient (Wildman–Crippen LogP) is 4.77. The van der Waals surface area contributed by atoms with Crippen molar-refractivity contribution in [2.45, 2.75) is 20.5 Å².